The topological polar surface area (TPSA) is 48.7 Å². The molecule has 1 aromatic heterocycles. The molecule has 4 rings (SSSR count). The molecular weight excluding hydrogens is 424 g/mol. The molecule has 0 bridgehead atoms. The molecule has 0 unspecified atom stereocenters. The Morgan fingerprint density at radius 2 is 1.53 bits per heavy atom. The molecule has 0 saturated carbocycles. The van der Waals surface area contributed by atoms with Gasteiger partial charge in [-0.2, -0.15) is 0 Å². The lowest BCUT2D eigenvalue weighted by Crippen LogP contribution is -2.05. The quantitative estimate of drug-likeness (QED) is 0.268. The molecule has 0 saturated heterocycles. The van der Waals surface area contributed by atoms with Crippen LogP contribution < -0.4 is 9.47 Å². The molecule has 0 aliphatic rings. The van der Waals surface area contributed by atoms with Crippen LogP contribution in [0.2, 0.25) is 0 Å². The summed E-state index contributed by atoms with van der Waals surface area (Å²) in [5, 5.41) is 0. The molecule has 4 aromatic rings. The molecule has 0 fully saturated rings. The normalized spacial score (nSPS) is 10.9. The van der Waals surface area contributed by atoms with E-state index in [4.69, 9.17) is 13.9 Å². The van der Waals surface area contributed by atoms with Gasteiger partial charge in [0.05, 0.1) is 5.56 Å². The minimum absolute atomic E-state index is 0.198. The van der Waals surface area contributed by atoms with Crippen molar-refractivity contribution in [2.75, 3.05) is 0 Å². The molecule has 0 radical (unpaired) electrons. The van der Waals surface area contributed by atoms with Crippen LogP contribution in [0.5, 0.6) is 11.7 Å². The van der Waals surface area contributed by atoms with Gasteiger partial charge in [0.15, 0.2) is 0 Å². The average molecular weight is 455 g/mol. The third-order valence-corrected chi connectivity index (χ3v) is 6.36. The van der Waals surface area contributed by atoms with Gasteiger partial charge in [0.2, 0.25) is 0 Å². The van der Waals surface area contributed by atoms with Crippen molar-refractivity contribution in [1.29, 1.82) is 0 Å². The molecule has 0 aliphatic heterocycles. The van der Waals surface area contributed by atoms with Gasteiger partial charge in [-0.25, -0.2) is 0 Å². The largest absolute Gasteiger partial charge is 0.489 e. The minimum Gasteiger partial charge on any atom is -0.489 e. The Balaban J connectivity index is 1.70. The first-order valence-electron chi connectivity index (χ1n) is 11.6. The van der Waals surface area contributed by atoms with Crippen LogP contribution in [0.25, 0.3) is 22.3 Å². The van der Waals surface area contributed by atoms with Gasteiger partial charge in [0.1, 0.15) is 18.6 Å². The predicted octanol–water partition coefficient (Wildman–Crippen LogP) is 7.74. The van der Waals surface area contributed by atoms with Crippen LogP contribution in [0.3, 0.4) is 0 Å². The van der Waals surface area contributed by atoms with E-state index in [0.717, 1.165) is 28.0 Å². The Morgan fingerprint density at radius 1 is 0.853 bits per heavy atom. The summed E-state index contributed by atoms with van der Waals surface area (Å²) in [6.45, 7) is 10.8. The Kier molecular flexibility index (Phi) is 6.87. The summed E-state index contributed by atoms with van der Waals surface area (Å²) in [5.41, 5.74) is 9.70. The first-order chi connectivity index (χ1) is 16.4. The Bertz CT molecular complexity index is 1290. The number of carbonyl (C=O) groups excluding carboxylic acids is 1. The standard InChI is InChI=1S/C30H30O4/c1-6-28(31)34-30-29(27(18-33-30)23-11-8-7-9-12-23)24-13-10-14-25(16-24)32-17-26-21(4)19(2)15-20(3)22(26)5/h7-16,18H,6,17H2,1-5H3. The number of esters is 1. The van der Waals surface area contributed by atoms with E-state index in [1.165, 1.54) is 27.8 Å². The minimum atomic E-state index is -0.344. The van der Waals surface area contributed by atoms with Crippen LogP contribution in [0.4, 0.5) is 0 Å². The van der Waals surface area contributed by atoms with Gasteiger partial charge < -0.3 is 13.9 Å². The lowest BCUT2D eigenvalue weighted by atomic mass is 9.95. The summed E-state index contributed by atoms with van der Waals surface area (Å²) in [6, 6.07) is 20.0. The van der Waals surface area contributed by atoms with Crippen molar-refractivity contribution in [3.05, 3.63) is 94.7 Å². The summed E-state index contributed by atoms with van der Waals surface area (Å²) in [5.74, 6) is 0.593. The monoisotopic (exact) mass is 454 g/mol. The number of furan rings is 1. The van der Waals surface area contributed by atoms with E-state index in [-0.39, 0.29) is 18.3 Å². The Morgan fingerprint density at radius 3 is 2.21 bits per heavy atom. The highest BCUT2D eigenvalue weighted by Crippen LogP contribution is 2.42. The summed E-state index contributed by atoms with van der Waals surface area (Å²) in [6.07, 6.45) is 1.90. The second-order valence-corrected chi connectivity index (χ2v) is 8.56. The predicted molar refractivity (Wildman–Crippen MR) is 135 cm³/mol. The van der Waals surface area contributed by atoms with Crippen LogP contribution in [0.15, 0.2) is 71.3 Å². The van der Waals surface area contributed by atoms with Gasteiger partial charge in [0.25, 0.3) is 0 Å². The highest BCUT2D eigenvalue weighted by molar-refractivity contribution is 5.88. The van der Waals surface area contributed by atoms with Gasteiger partial charge in [-0.15, -0.1) is 0 Å². The first-order valence-corrected chi connectivity index (χ1v) is 11.6. The fraction of sp³-hybridized carbons (Fsp3) is 0.233. The smallest absolute Gasteiger partial charge is 0.313 e. The number of aryl methyl sites for hydroxylation is 2. The van der Waals surface area contributed by atoms with E-state index in [1.807, 2.05) is 54.6 Å². The number of hydrogen-bond acceptors (Lipinski definition) is 4. The van der Waals surface area contributed by atoms with Crippen LogP contribution in [0.1, 0.15) is 41.2 Å². The van der Waals surface area contributed by atoms with E-state index < -0.39 is 0 Å². The van der Waals surface area contributed by atoms with Crippen molar-refractivity contribution in [1.82, 2.24) is 0 Å². The zero-order chi connectivity index (χ0) is 24.2. The first kappa shape index (κ1) is 23.4. The molecular formula is C30H30O4. The van der Waals surface area contributed by atoms with Gasteiger partial charge >= 0.3 is 11.9 Å². The van der Waals surface area contributed by atoms with Crippen molar-refractivity contribution >= 4 is 5.97 Å². The van der Waals surface area contributed by atoms with Crippen LogP contribution >= 0.6 is 0 Å². The molecule has 1 heterocycles. The summed E-state index contributed by atoms with van der Waals surface area (Å²) in [7, 11) is 0. The SMILES string of the molecule is CCC(=O)Oc1occ(-c2ccccc2)c1-c1cccc(OCc2c(C)c(C)cc(C)c2C)c1. The number of ether oxygens (including phenoxy) is 2. The van der Waals surface area contributed by atoms with Crippen molar-refractivity contribution < 1.29 is 18.7 Å². The maximum atomic E-state index is 12.0. The molecule has 174 valence electrons. The summed E-state index contributed by atoms with van der Waals surface area (Å²) < 4.78 is 17.5. The third kappa shape index (κ3) is 4.76. The average Bonchev–Trinajstić information content (AvgIpc) is 3.27. The maximum Gasteiger partial charge on any atom is 0.313 e. The number of carbonyl (C=O) groups is 1. The zero-order valence-corrected chi connectivity index (χ0v) is 20.4. The lowest BCUT2D eigenvalue weighted by molar-refractivity contribution is -0.135. The Labute approximate surface area is 201 Å². The van der Waals surface area contributed by atoms with Crippen molar-refractivity contribution in [2.45, 2.75) is 47.6 Å². The van der Waals surface area contributed by atoms with E-state index in [0.29, 0.717) is 6.61 Å². The zero-order valence-electron chi connectivity index (χ0n) is 20.4. The molecule has 4 heteroatoms. The van der Waals surface area contributed by atoms with Crippen LogP contribution in [0, 0.1) is 27.7 Å². The third-order valence-electron chi connectivity index (χ3n) is 6.36. The Hall–Kier alpha value is -3.79. The van der Waals surface area contributed by atoms with E-state index in [2.05, 4.69) is 33.8 Å². The second kappa shape index (κ2) is 10.0. The summed E-state index contributed by atoms with van der Waals surface area (Å²) in [4.78, 5) is 12.0. The van der Waals surface area contributed by atoms with Crippen LogP contribution in [-0.2, 0) is 11.4 Å². The maximum absolute atomic E-state index is 12.0. The fourth-order valence-corrected chi connectivity index (χ4v) is 4.11. The highest BCUT2D eigenvalue weighted by Gasteiger charge is 2.21. The van der Waals surface area contributed by atoms with E-state index >= 15 is 0 Å². The molecule has 0 N–H and O–H groups in total. The van der Waals surface area contributed by atoms with Gasteiger partial charge in [-0.05, 0) is 78.8 Å². The van der Waals surface area contributed by atoms with Gasteiger partial charge in [-0.3, -0.25) is 4.79 Å². The lowest BCUT2D eigenvalue weighted by Gasteiger charge is -2.16. The molecule has 0 amide bonds. The molecule has 3 aromatic carbocycles. The summed E-state index contributed by atoms with van der Waals surface area (Å²) >= 11 is 0. The molecule has 34 heavy (non-hydrogen) atoms. The highest BCUT2D eigenvalue weighted by atomic mass is 16.6. The molecule has 4 nitrogen and oxygen atoms in total. The van der Waals surface area contributed by atoms with Crippen molar-refractivity contribution in [3.8, 4) is 33.9 Å². The van der Waals surface area contributed by atoms with E-state index in [1.54, 1.807) is 13.2 Å². The number of rotatable bonds is 7. The second-order valence-electron chi connectivity index (χ2n) is 8.56. The molecule has 0 atom stereocenters. The molecule has 0 aliphatic carbocycles. The van der Waals surface area contributed by atoms with E-state index in [9.17, 15) is 4.79 Å². The van der Waals surface area contributed by atoms with Crippen LogP contribution in [-0.4, -0.2) is 5.97 Å². The van der Waals surface area contributed by atoms with Crippen molar-refractivity contribution in [3.63, 3.8) is 0 Å². The number of benzene rings is 3. The number of hydrogen-bond donors (Lipinski definition) is 0. The van der Waals surface area contributed by atoms with Crippen molar-refractivity contribution in [2.24, 2.45) is 0 Å². The molecule has 0 spiro atoms. The van der Waals surface area contributed by atoms with Gasteiger partial charge in [0, 0.05) is 12.0 Å². The fourth-order valence-electron chi connectivity index (χ4n) is 4.11. The van der Waals surface area contributed by atoms with Gasteiger partial charge in [-0.1, -0.05) is 55.5 Å².